The van der Waals surface area contributed by atoms with E-state index < -0.39 is 17.8 Å². The summed E-state index contributed by atoms with van der Waals surface area (Å²) in [6.45, 7) is 2.31. The predicted octanol–water partition coefficient (Wildman–Crippen LogP) is 2.49. The second kappa shape index (κ2) is 7.78. The van der Waals surface area contributed by atoms with Gasteiger partial charge in [-0.25, -0.2) is 9.69 Å². The van der Waals surface area contributed by atoms with Crippen molar-refractivity contribution < 1.29 is 33.3 Å². The predicted molar refractivity (Wildman–Crippen MR) is 106 cm³/mol. The first-order valence-corrected chi connectivity index (χ1v) is 9.13. The van der Waals surface area contributed by atoms with Crippen molar-refractivity contribution in [3.63, 3.8) is 0 Å². The molecule has 0 unspecified atom stereocenters. The number of nitrogens with zero attached hydrogens (tertiary/aromatic N) is 1. The summed E-state index contributed by atoms with van der Waals surface area (Å²) in [5.41, 5.74) is 0.600. The van der Waals surface area contributed by atoms with Gasteiger partial charge in [-0.05, 0) is 42.8 Å². The van der Waals surface area contributed by atoms with Crippen molar-refractivity contribution >= 4 is 29.6 Å². The quantitative estimate of drug-likeness (QED) is 0.597. The van der Waals surface area contributed by atoms with Gasteiger partial charge < -0.3 is 18.9 Å². The fourth-order valence-electron chi connectivity index (χ4n) is 3.13. The van der Waals surface area contributed by atoms with Gasteiger partial charge >= 0.3 is 6.03 Å². The third-order valence-electron chi connectivity index (χ3n) is 4.51. The number of urea groups is 1. The molecule has 154 valence electrons. The maximum atomic E-state index is 13.0. The van der Waals surface area contributed by atoms with Crippen molar-refractivity contribution in [3.05, 3.63) is 47.5 Å². The van der Waals surface area contributed by atoms with Gasteiger partial charge in [-0.2, -0.15) is 0 Å². The van der Waals surface area contributed by atoms with Crippen LogP contribution in [0, 0.1) is 0 Å². The molecule has 9 heteroatoms. The Labute approximate surface area is 171 Å². The lowest BCUT2D eigenvalue weighted by Gasteiger charge is -2.26. The molecule has 0 aromatic heterocycles. The molecule has 0 aliphatic carbocycles. The fraction of sp³-hybridized carbons (Fsp3) is 0.190. The molecule has 9 nitrogen and oxygen atoms in total. The standard InChI is InChI=1S/C21H18N2O7/c1-3-28-17-9-12(4-6-15(17)27-2)8-14-19(24)22-21(26)23(20(14)25)13-5-7-16-18(10-13)30-11-29-16/h4-10H,3,11H2,1-2H3,(H,22,24,26)/b14-8+. The minimum atomic E-state index is -0.842. The van der Waals surface area contributed by atoms with Crippen molar-refractivity contribution in [1.29, 1.82) is 0 Å². The van der Waals surface area contributed by atoms with E-state index in [2.05, 4.69) is 5.32 Å². The third kappa shape index (κ3) is 3.41. The molecule has 4 rings (SSSR count). The van der Waals surface area contributed by atoms with Crippen LogP contribution < -0.4 is 29.2 Å². The third-order valence-corrected chi connectivity index (χ3v) is 4.51. The molecule has 2 aromatic carbocycles. The molecule has 0 radical (unpaired) electrons. The zero-order chi connectivity index (χ0) is 21.3. The van der Waals surface area contributed by atoms with E-state index in [-0.39, 0.29) is 18.1 Å². The highest BCUT2D eigenvalue weighted by Crippen LogP contribution is 2.36. The number of carbonyl (C=O) groups is 3. The number of methoxy groups -OCH3 is 1. The largest absolute Gasteiger partial charge is 0.493 e. The molecule has 0 saturated carbocycles. The molecule has 0 spiro atoms. The summed E-state index contributed by atoms with van der Waals surface area (Å²) in [6.07, 6.45) is 1.39. The van der Waals surface area contributed by atoms with Gasteiger partial charge in [0.05, 0.1) is 19.4 Å². The van der Waals surface area contributed by atoms with Crippen LogP contribution in [0.25, 0.3) is 6.08 Å². The summed E-state index contributed by atoms with van der Waals surface area (Å²) < 4.78 is 21.3. The van der Waals surface area contributed by atoms with Gasteiger partial charge in [-0.3, -0.25) is 14.9 Å². The lowest BCUT2D eigenvalue weighted by molar-refractivity contribution is -0.122. The molecule has 2 aliphatic rings. The average Bonchev–Trinajstić information content (AvgIpc) is 3.19. The zero-order valence-corrected chi connectivity index (χ0v) is 16.3. The Morgan fingerprint density at radius 2 is 1.87 bits per heavy atom. The normalized spacial score (nSPS) is 16.7. The molecule has 1 fully saturated rings. The van der Waals surface area contributed by atoms with Gasteiger partial charge in [0.15, 0.2) is 23.0 Å². The highest BCUT2D eigenvalue weighted by atomic mass is 16.7. The lowest BCUT2D eigenvalue weighted by Crippen LogP contribution is -2.54. The fourth-order valence-corrected chi connectivity index (χ4v) is 3.13. The Hall–Kier alpha value is -4.01. The van der Waals surface area contributed by atoms with E-state index >= 15 is 0 Å². The van der Waals surface area contributed by atoms with Crippen LogP contribution in [0.4, 0.5) is 10.5 Å². The molecule has 0 bridgehead atoms. The number of imide groups is 2. The number of ether oxygens (including phenoxy) is 4. The summed E-state index contributed by atoms with van der Waals surface area (Å²) in [5, 5.41) is 2.19. The highest BCUT2D eigenvalue weighted by Gasteiger charge is 2.37. The first-order chi connectivity index (χ1) is 14.5. The van der Waals surface area contributed by atoms with Crippen molar-refractivity contribution in [3.8, 4) is 23.0 Å². The van der Waals surface area contributed by atoms with Crippen LogP contribution in [-0.2, 0) is 9.59 Å². The van der Waals surface area contributed by atoms with Gasteiger partial charge in [0.25, 0.3) is 11.8 Å². The first-order valence-electron chi connectivity index (χ1n) is 9.13. The van der Waals surface area contributed by atoms with Gasteiger partial charge in [-0.15, -0.1) is 0 Å². The maximum absolute atomic E-state index is 13.0. The average molecular weight is 410 g/mol. The van der Waals surface area contributed by atoms with Crippen LogP contribution in [0.5, 0.6) is 23.0 Å². The second-order valence-electron chi connectivity index (χ2n) is 6.34. The summed E-state index contributed by atoms with van der Waals surface area (Å²) >= 11 is 0. The first kappa shape index (κ1) is 19.3. The van der Waals surface area contributed by atoms with Crippen LogP contribution in [0.3, 0.4) is 0 Å². The van der Waals surface area contributed by atoms with Crippen molar-refractivity contribution in [2.24, 2.45) is 0 Å². The van der Waals surface area contributed by atoms with E-state index in [0.29, 0.717) is 35.2 Å². The Kier molecular flexibility index (Phi) is 5.01. The molecule has 2 aliphatic heterocycles. The van der Waals surface area contributed by atoms with E-state index in [1.165, 1.54) is 19.3 Å². The summed E-state index contributed by atoms with van der Waals surface area (Å²) in [6, 6.07) is 8.80. The molecule has 0 atom stereocenters. The van der Waals surface area contributed by atoms with Gasteiger partial charge in [0, 0.05) is 6.07 Å². The maximum Gasteiger partial charge on any atom is 0.335 e. The number of hydrogen-bond donors (Lipinski definition) is 1. The number of carbonyl (C=O) groups excluding carboxylic acids is 3. The van der Waals surface area contributed by atoms with Crippen molar-refractivity contribution in [1.82, 2.24) is 5.32 Å². The zero-order valence-electron chi connectivity index (χ0n) is 16.3. The van der Waals surface area contributed by atoms with Crippen molar-refractivity contribution in [2.75, 3.05) is 25.4 Å². The van der Waals surface area contributed by atoms with Crippen LogP contribution in [-0.4, -0.2) is 38.4 Å². The number of benzene rings is 2. The Balaban J connectivity index is 1.70. The Morgan fingerprint density at radius 3 is 2.63 bits per heavy atom. The number of amides is 4. The summed E-state index contributed by atoms with van der Waals surface area (Å²) in [7, 11) is 1.52. The van der Waals surface area contributed by atoms with E-state index in [0.717, 1.165) is 4.90 Å². The monoisotopic (exact) mass is 410 g/mol. The van der Waals surface area contributed by atoms with Gasteiger partial charge in [0.1, 0.15) is 5.57 Å². The number of nitrogens with one attached hydrogen (secondary N) is 1. The molecule has 1 saturated heterocycles. The number of fused-ring (bicyclic) bond motifs is 1. The summed E-state index contributed by atoms with van der Waals surface area (Å²) in [5.74, 6) is 0.383. The van der Waals surface area contributed by atoms with Gasteiger partial charge in [-0.1, -0.05) is 6.07 Å². The molecule has 30 heavy (non-hydrogen) atoms. The topological polar surface area (TPSA) is 103 Å². The highest BCUT2D eigenvalue weighted by molar-refractivity contribution is 6.39. The number of hydrogen-bond acceptors (Lipinski definition) is 7. The smallest absolute Gasteiger partial charge is 0.335 e. The number of rotatable bonds is 5. The van der Waals surface area contributed by atoms with Crippen molar-refractivity contribution in [2.45, 2.75) is 6.92 Å². The van der Waals surface area contributed by atoms with Crippen LogP contribution in [0.1, 0.15) is 12.5 Å². The number of anilines is 1. The Morgan fingerprint density at radius 1 is 1.07 bits per heavy atom. The molecule has 2 heterocycles. The van der Waals surface area contributed by atoms with Crippen LogP contribution >= 0.6 is 0 Å². The second-order valence-corrected chi connectivity index (χ2v) is 6.34. The minimum Gasteiger partial charge on any atom is -0.493 e. The Bertz CT molecular complexity index is 1080. The molecule has 1 N–H and O–H groups in total. The summed E-state index contributed by atoms with van der Waals surface area (Å²) in [4.78, 5) is 38.7. The van der Waals surface area contributed by atoms with Gasteiger partial charge in [0.2, 0.25) is 6.79 Å². The lowest BCUT2D eigenvalue weighted by atomic mass is 10.1. The SMILES string of the molecule is CCOc1cc(/C=C2\C(=O)NC(=O)N(c3ccc4c(c3)OCO4)C2=O)ccc1OC. The number of barbiturate groups is 1. The van der Waals surface area contributed by atoms with Crippen LogP contribution in [0.15, 0.2) is 42.0 Å². The van der Waals surface area contributed by atoms with Crippen LogP contribution in [0.2, 0.25) is 0 Å². The molecular weight excluding hydrogens is 392 g/mol. The molecule has 4 amide bonds. The minimum absolute atomic E-state index is 0.0577. The van der Waals surface area contributed by atoms with E-state index in [9.17, 15) is 14.4 Å². The molecule has 2 aromatic rings. The van der Waals surface area contributed by atoms with E-state index in [1.807, 2.05) is 6.92 Å². The molecular formula is C21H18N2O7. The van der Waals surface area contributed by atoms with E-state index in [4.69, 9.17) is 18.9 Å². The van der Waals surface area contributed by atoms with E-state index in [1.54, 1.807) is 30.3 Å².